The van der Waals surface area contributed by atoms with Crippen LogP contribution in [-0.2, 0) is 7.05 Å². The van der Waals surface area contributed by atoms with Crippen molar-refractivity contribution in [3.05, 3.63) is 41.0 Å². The highest BCUT2D eigenvalue weighted by Crippen LogP contribution is 2.29. The van der Waals surface area contributed by atoms with Crippen molar-refractivity contribution in [3.8, 4) is 11.3 Å². The fraction of sp³-hybridized carbons (Fsp3) is 0.412. The molecule has 1 saturated heterocycles. The van der Waals surface area contributed by atoms with Gasteiger partial charge in [-0.05, 0) is 19.9 Å². The molecule has 5 nitrogen and oxygen atoms in total. The standard InChI is InChI=1S/C17H21ClN4O/c1-11-8-22(9-12(2)19-11)17(23)14-10-21(3)20-16(14)13-6-4-5-7-15(13)18/h4-7,10-12,19H,8-9H2,1-3H3/t11-,12-/m0/s1. The van der Waals surface area contributed by atoms with Gasteiger partial charge in [0.25, 0.3) is 5.91 Å². The molecular formula is C17H21ClN4O. The largest absolute Gasteiger partial charge is 0.335 e. The van der Waals surface area contributed by atoms with Gasteiger partial charge in [0.15, 0.2) is 0 Å². The SMILES string of the molecule is C[C@H]1CN(C(=O)c2cn(C)nc2-c2ccccc2Cl)C[C@H](C)N1. The second kappa shape index (κ2) is 6.34. The van der Waals surface area contributed by atoms with Crippen molar-refractivity contribution >= 4 is 17.5 Å². The van der Waals surface area contributed by atoms with Crippen molar-refractivity contribution in [2.24, 2.45) is 7.05 Å². The van der Waals surface area contributed by atoms with Crippen molar-refractivity contribution in [1.82, 2.24) is 20.0 Å². The maximum absolute atomic E-state index is 13.0. The van der Waals surface area contributed by atoms with E-state index in [4.69, 9.17) is 11.6 Å². The molecule has 2 aromatic rings. The quantitative estimate of drug-likeness (QED) is 0.919. The number of aromatic nitrogens is 2. The first-order chi connectivity index (χ1) is 11.0. The van der Waals surface area contributed by atoms with E-state index in [2.05, 4.69) is 24.3 Å². The summed E-state index contributed by atoms with van der Waals surface area (Å²) in [7, 11) is 1.82. The number of aryl methyl sites for hydroxylation is 1. The van der Waals surface area contributed by atoms with Crippen LogP contribution in [-0.4, -0.2) is 45.8 Å². The highest BCUT2D eigenvalue weighted by atomic mass is 35.5. The molecule has 1 aliphatic heterocycles. The van der Waals surface area contributed by atoms with Gasteiger partial charge >= 0.3 is 0 Å². The van der Waals surface area contributed by atoms with E-state index in [0.29, 0.717) is 29.4 Å². The molecule has 2 atom stereocenters. The minimum absolute atomic E-state index is 0.00761. The van der Waals surface area contributed by atoms with Crippen molar-refractivity contribution < 1.29 is 4.79 Å². The fourth-order valence-electron chi connectivity index (χ4n) is 3.16. The summed E-state index contributed by atoms with van der Waals surface area (Å²) in [6.07, 6.45) is 1.78. The van der Waals surface area contributed by atoms with Gasteiger partial charge in [-0.2, -0.15) is 5.10 Å². The third-order valence-corrected chi connectivity index (χ3v) is 4.36. The molecule has 0 spiro atoms. The molecular weight excluding hydrogens is 312 g/mol. The smallest absolute Gasteiger partial charge is 0.257 e. The Morgan fingerprint density at radius 2 is 1.91 bits per heavy atom. The van der Waals surface area contributed by atoms with Gasteiger partial charge in [-0.1, -0.05) is 29.8 Å². The maximum atomic E-state index is 13.0. The molecule has 3 rings (SSSR count). The molecule has 1 aromatic heterocycles. The van der Waals surface area contributed by atoms with E-state index in [1.54, 1.807) is 10.9 Å². The van der Waals surface area contributed by atoms with E-state index >= 15 is 0 Å². The fourth-order valence-corrected chi connectivity index (χ4v) is 3.39. The lowest BCUT2D eigenvalue weighted by molar-refractivity contribution is 0.0674. The van der Waals surface area contributed by atoms with E-state index in [9.17, 15) is 4.79 Å². The van der Waals surface area contributed by atoms with E-state index in [0.717, 1.165) is 5.56 Å². The molecule has 1 aliphatic rings. The zero-order chi connectivity index (χ0) is 16.6. The van der Waals surface area contributed by atoms with Crippen LogP contribution in [0.25, 0.3) is 11.3 Å². The van der Waals surface area contributed by atoms with Gasteiger partial charge in [0.2, 0.25) is 0 Å². The number of benzene rings is 1. The van der Waals surface area contributed by atoms with Crippen molar-refractivity contribution in [2.75, 3.05) is 13.1 Å². The lowest BCUT2D eigenvalue weighted by Gasteiger charge is -2.36. The number of nitrogens with one attached hydrogen (secondary N) is 1. The van der Waals surface area contributed by atoms with Crippen LogP contribution >= 0.6 is 11.6 Å². The average molecular weight is 333 g/mol. The van der Waals surface area contributed by atoms with Crippen LogP contribution in [0.5, 0.6) is 0 Å². The van der Waals surface area contributed by atoms with Gasteiger partial charge in [0.1, 0.15) is 5.69 Å². The number of piperazine rings is 1. The molecule has 23 heavy (non-hydrogen) atoms. The Hall–Kier alpha value is -1.85. The molecule has 6 heteroatoms. The van der Waals surface area contributed by atoms with E-state index < -0.39 is 0 Å². The zero-order valence-electron chi connectivity index (χ0n) is 13.6. The molecule has 0 aliphatic carbocycles. The molecule has 1 fully saturated rings. The molecule has 1 N–H and O–H groups in total. The lowest BCUT2D eigenvalue weighted by Crippen LogP contribution is -2.55. The summed E-state index contributed by atoms with van der Waals surface area (Å²) >= 11 is 6.29. The highest BCUT2D eigenvalue weighted by Gasteiger charge is 2.28. The summed E-state index contributed by atoms with van der Waals surface area (Å²) in [5.74, 6) is 0.00761. The second-order valence-electron chi connectivity index (χ2n) is 6.22. The van der Waals surface area contributed by atoms with Crippen LogP contribution in [0.15, 0.2) is 30.5 Å². The topological polar surface area (TPSA) is 50.2 Å². The highest BCUT2D eigenvalue weighted by molar-refractivity contribution is 6.33. The summed E-state index contributed by atoms with van der Waals surface area (Å²) in [4.78, 5) is 14.9. The maximum Gasteiger partial charge on any atom is 0.257 e. The molecule has 0 saturated carbocycles. The van der Waals surface area contributed by atoms with Gasteiger partial charge < -0.3 is 10.2 Å². The predicted octanol–water partition coefficient (Wildman–Crippen LogP) is 2.56. The Morgan fingerprint density at radius 3 is 2.57 bits per heavy atom. The zero-order valence-corrected chi connectivity index (χ0v) is 14.3. The van der Waals surface area contributed by atoms with Crippen molar-refractivity contribution in [2.45, 2.75) is 25.9 Å². The normalized spacial score (nSPS) is 21.5. The summed E-state index contributed by atoms with van der Waals surface area (Å²) in [6.45, 7) is 5.57. The minimum Gasteiger partial charge on any atom is -0.335 e. The van der Waals surface area contributed by atoms with Gasteiger partial charge in [-0.25, -0.2) is 0 Å². The van der Waals surface area contributed by atoms with Crippen LogP contribution in [0.3, 0.4) is 0 Å². The third-order valence-electron chi connectivity index (χ3n) is 4.03. The molecule has 0 radical (unpaired) electrons. The van der Waals surface area contributed by atoms with Gasteiger partial charge in [0.05, 0.1) is 10.6 Å². The second-order valence-corrected chi connectivity index (χ2v) is 6.63. The van der Waals surface area contributed by atoms with Crippen LogP contribution in [0.4, 0.5) is 0 Å². The Kier molecular flexibility index (Phi) is 4.41. The van der Waals surface area contributed by atoms with Crippen molar-refractivity contribution in [3.63, 3.8) is 0 Å². The molecule has 122 valence electrons. The molecule has 1 aromatic carbocycles. The number of carbonyl (C=O) groups is 1. The van der Waals surface area contributed by atoms with Gasteiger partial charge in [-0.15, -0.1) is 0 Å². The minimum atomic E-state index is 0.00761. The summed E-state index contributed by atoms with van der Waals surface area (Å²) in [6, 6.07) is 8.04. The van der Waals surface area contributed by atoms with Crippen LogP contribution < -0.4 is 5.32 Å². The summed E-state index contributed by atoms with van der Waals surface area (Å²) < 4.78 is 1.67. The number of rotatable bonds is 2. The first-order valence-corrected chi connectivity index (χ1v) is 8.17. The van der Waals surface area contributed by atoms with Crippen LogP contribution in [0.1, 0.15) is 24.2 Å². The monoisotopic (exact) mass is 332 g/mol. The Bertz CT molecular complexity index is 717. The molecule has 0 unspecified atom stereocenters. The third kappa shape index (κ3) is 3.26. The van der Waals surface area contributed by atoms with Crippen molar-refractivity contribution in [1.29, 1.82) is 0 Å². The number of halogens is 1. The number of carbonyl (C=O) groups excluding carboxylic acids is 1. The Balaban J connectivity index is 1.97. The lowest BCUT2D eigenvalue weighted by atomic mass is 10.1. The number of hydrogen-bond acceptors (Lipinski definition) is 3. The Morgan fingerprint density at radius 1 is 1.26 bits per heavy atom. The van der Waals surface area contributed by atoms with E-state index in [-0.39, 0.29) is 18.0 Å². The number of nitrogens with zero attached hydrogens (tertiary/aromatic N) is 3. The van der Waals surface area contributed by atoms with Gasteiger partial charge in [-0.3, -0.25) is 9.48 Å². The average Bonchev–Trinajstić information content (AvgIpc) is 2.87. The van der Waals surface area contributed by atoms with Crippen LogP contribution in [0, 0.1) is 0 Å². The number of amides is 1. The first-order valence-electron chi connectivity index (χ1n) is 7.79. The van der Waals surface area contributed by atoms with E-state index in [1.807, 2.05) is 36.2 Å². The molecule has 1 amide bonds. The predicted molar refractivity (Wildman–Crippen MR) is 91.6 cm³/mol. The summed E-state index contributed by atoms with van der Waals surface area (Å²) in [5, 5.41) is 8.50. The van der Waals surface area contributed by atoms with Gasteiger partial charge in [0, 0.05) is 44.0 Å². The number of hydrogen-bond donors (Lipinski definition) is 1. The van der Waals surface area contributed by atoms with Crippen LogP contribution in [0.2, 0.25) is 5.02 Å². The Labute approximate surface area is 141 Å². The molecule has 2 heterocycles. The molecule has 0 bridgehead atoms. The van der Waals surface area contributed by atoms with E-state index in [1.165, 1.54) is 0 Å². The first kappa shape index (κ1) is 16.0. The summed E-state index contributed by atoms with van der Waals surface area (Å²) in [5.41, 5.74) is 2.03.